The second-order valence-corrected chi connectivity index (χ2v) is 7.83. The van der Waals surface area contributed by atoms with Gasteiger partial charge in [-0.25, -0.2) is 0 Å². The van der Waals surface area contributed by atoms with Crippen molar-refractivity contribution in [2.24, 2.45) is 0 Å². The maximum atomic E-state index is 3.80. The molecule has 1 saturated heterocycles. The molecule has 1 nitrogen and oxygen atoms in total. The van der Waals surface area contributed by atoms with Crippen LogP contribution in [-0.4, -0.2) is 23.6 Å². The molecular weight excluding hydrogens is 282 g/mol. The minimum atomic E-state index is 0.639. The molecule has 0 spiro atoms. The first-order chi connectivity index (χ1) is 9.88. The molecule has 3 heteroatoms. The number of fused-ring (bicyclic) bond motifs is 1. The average molecular weight is 306 g/mol. The van der Waals surface area contributed by atoms with Gasteiger partial charge in [-0.05, 0) is 60.4 Å². The Morgan fingerprint density at radius 1 is 1.35 bits per heavy atom. The number of rotatable bonds is 6. The van der Waals surface area contributed by atoms with Crippen LogP contribution in [0, 0.1) is 0 Å². The standard InChI is InChI=1S/C17H23NS2/c1-2-9-18-15(17-8-5-10-19-17)11-13-12-20-16-7-4-3-6-14(13)16/h3-4,6-7,12,15,17-18H,2,5,8-11H2,1H3. The monoisotopic (exact) mass is 305 g/mol. The second-order valence-electron chi connectivity index (χ2n) is 5.57. The lowest BCUT2D eigenvalue weighted by Crippen LogP contribution is -2.39. The van der Waals surface area contributed by atoms with E-state index in [0.717, 1.165) is 11.8 Å². The molecule has 0 bridgehead atoms. The van der Waals surface area contributed by atoms with Gasteiger partial charge in [0.1, 0.15) is 0 Å². The maximum absolute atomic E-state index is 3.80. The zero-order valence-corrected chi connectivity index (χ0v) is 13.7. The van der Waals surface area contributed by atoms with E-state index in [1.807, 2.05) is 11.3 Å². The SMILES string of the molecule is CCCNC(Cc1csc2ccccc12)C1CCCS1. The van der Waals surface area contributed by atoms with Crippen LogP contribution in [0.2, 0.25) is 0 Å². The van der Waals surface area contributed by atoms with E-state index in [9.17, 15) is 0 Å². The fraction of sp³-hybridized carbons (Fsp3) is 0.529. The summed E-state index contributed by atoms with van der Waals surface area (Å²) in [5.74, 6) is 1.35. The minimum absolute atomic E-state index is 0.639. The molecule has 1 aromatic carbocycles. The fourth-order valence-corrected chi connectivity index (χ4v) is 5.38. The van der Waals surface area contributed by atoms with Crippen molar-refractivity contribution < 1.29 is 0 Å². The van der Waals surface area contributed by atoms with Crippen LogP contribution < -0.4 is 5.32 Å². The highest BCUT2D eigenvalue weighted by Crippen LogP contribution is 2.32. The van der Waals surface area contributed by atoms with Crippen molar-refractivity contribution in [1.29, 1.82) is 0 Å². The predicted octanol–water partition coefficient (Wildman–Crippen LogP) is 4.71. The highest BCUT2D eigenvalue weighted by Gasteiger charge is 2.25. The Balaban J connectivity index is 1.77. The molecule has 108 valence electrons. The van der Waals surface area contributed by atoms with Crippen molar-refractivity contribution in [3.63, 3.8) is 0 Å². The molecule has 2 atom stereocenters. The van der Waals surface area contributed by atoms with Crippen molar-refractivity contribution in [2.75, 3.05) is 12.3 Å². The van der Waals surface area contributed by atoms with Gasteiger partial charge in [-0.3, -0.25) is 0 Å². The first kappa shape index (κ1) is 14.4. The molecule has 1 aliphatic heterocycles. The lowest BCUT2D eigenvalue weighted by Gasteiger charge is -2.24. The van der Waals surface area contributed by atoms with Gasteiger partial charge in [-0.15, -0.1) is 11.3 Å². The summed E-state index contributed by atoms with van der Waals surface area (Å²) >= 11 is 4.06. The van der Waals surface area contributed by atoms with E-state index >= 15 is 0 Å². The quantitative estimate of drug-likeness (QED) is 0.829. The Bertz CT molecular complexity index is 543. The normalized spacial score (nSPS) is 20.6. The summed E-state index contributed by atoms with van der Waals surface area (Å²) in [6.07, 6.45) is 5.18. The molecule has 1 aromatic heterocycles. The van der Waals surface area contributed by atoms with Gasteiger partial charge < -0.3 is 5.32 Å². The fourth-order valence-electron chi connectivity index (χ4n) is 3.01. The molecule has 1 N–H and O–H groups in total. The highest BCUT2D eigenvalue weighted by molar-refractivity contribution is 8.00. The summed E-state index contributed by atoms with van der Waals surface area (Å²) in [5.41, 5.74) is 1.53. The van der Waals surface area contributed by atoms with E-state index < -0.39 is 0 Å². The van der Waals surface area contributed by atoms with Gasteiger partial charge in [0, 0.05) is 16.0 Å². The third-order valence-corrected chi connectivity index (χ3v) is 6.60. The summed E-state index contributed by atoms with van der Waals surface area (Å²) in [6, 6.07) is 9.46. The van der Waals surface area contributed by atoms with Crippen LogP contribution in [0.3, 0.4) is 0 Å². The lowest BCUT2D eigenvalue weighted by atomic mass is 10.00. The molecule has 0 amide bonds. The molecule has 2 aromatic rings. The van der Waals surface area contributed by atoms with Crippen molar-refractivity contribution in [3.05, 3.63) is 35.2 Å². The number of thioether (sulfide) groups is 1. The summed E-state index contributed by atoms with van der Waals surface area (Å²) < 4.78 is 1.43. The van der Waals surface area contributed by atoms with Crippen molar-refractivity contribution in [1.82, 2.24) is 5.32 Å². The van der Waals surface area contributed by atoms with Gasteiger partial charge in [0.2, 0.25) is 0 Å². The Morgan fingerprint density at radius 3 is 3.05 bits per heavy atom. The molecule has 1 aliphatic rings. The molecule has 0 saturated carbocycles. The van der Waals surface area contributed by atoms with Gasteiger partial charge in [-0.1, -0.05) is 25.1 Å². The summed E-state index contributed by atoms with van der Waals surface area (Å²) in [6.45, 7) is 3.40. The molecular formula is C17H23NS2. The Labute approximate surface area is 130 Å². The summed E-state index contributed by atoms with van der Waals surface area (Å²) in [4.78, 5) is 0. The van der Waals surface area contributed by atoms with Crippen LogP contribution in [-0.2, 0) is 6.42 Å². The van der Waals surface area contributed by atoms with Gasteiger partial charge in [0.15, 0.2) is 0 Å². The summed E-state index contributed by atoms with van der Waals surface area (Å²) in [7, 11) is 0. The Hall–Kier alpha value is -0.510. The third-order valence-electron chi connectivity index (χ3n) is 4.07. The van der Waals surface area contributed by atoms with E-state index in [4.69, 9.17) is 0 Å². The molecule has 2 unspecified atom stereocenters. The zero-order chi connectivity index (χ0) is 13.8. The molecule has 20 heavy (non-hydrogen) atoms. The molecule has 0 aliphatic carbocycles. The average Bonchev–Trinajstić information content (AvgIpc) is 3.13. The maximum Gasteiger partial charge on any atom is 0.0345 e. The van der Waals surface area contributed by atoms with Crippen LogP contribution in [0.5, 0.6) is 0 Å². The first-order valence-corrected chi connectivity index (χ1v) is 9.61. The number of nitrogens with one attached hydrogen (secondary N) is 1. The number of hydrogen-bond donors (Lipinski definition) is 1. The Kier molecular flexibility index (Phi) is 5.03. The molecule has 2 heterocycles. The third kappa shape index (κ3) is 3.21. The van der Waals surface area contributed by atoms with Gasteiger partial charge in [-0.2, -0.15) is 11.8 Å². The second kappa shape index (κ2) is 6.97. The van der Waals surface area contributed by atoms with E-state index in [0.29, 0.717) is 6.04 Å². The van der Waals surface area contributed by atoms with Crippen molar-refractivity contribution in [2.45, 2.75) is 43.9 Å². The van der Waals surface area contributed by atoms with Crippen LogP contribution in [0.25, 0.3) is 10.1 Å². The molecule has 1 fully saturated rings. The predicted molar refractivity (Wildman–Crippen MR) is 93.1 cm³/mol. The Morgan fingerprint density at radius 2 is 2.25 bits per heavy atom. The lowest BCUT2D eigenvalue weighted by molar-refractivity contribution is 0.483. The molecule has 0 radical (unpaired) electrons. The number of benzene rings is 1. The van der Waals surface area contributed by atoms with Crippen LogP contribution in [0.4, 0.5) is 0 Å². The van der Waals surface area contributed by atoms with Crippen molar-refractivity contribution >= 4 is 33.2 Å². The first-order valence-electron chi connectivity index (χ1n) is 7.68. The number of hydrogen-bond acceptors (Lipinski definition) is 3. The van der Waals surface area contributed by atoms with E-state index in [1.54, 1.807) is 0 Å². The van der Waals surface area contributed by atoms with Crippen LogP contribution >= 0.6 is 23.1 Å². The number of thiophene rings is 1. The molecule has 3 rings (SSSR count). The summed E-state index contributed by atoms with van der Waals surface area (Å²) in [5, 5.41) is 8.43. The van der Waals surface area contributed by atoms with E-state index in [-0.39, 0.29) is 0 Å². The van der Waals surface area contributed by atoms with Gasteiger partial charge in [0.05, 0.1) is 0 Å². The largest absolute Gasteiger partial charge is 0.313 e. The smallest absolute Gasteiger partial charge is 0.0345 e. The van der Waals surface area contributed by atoms with Gasteiger partial charge >= 0.3 is 0 Å². The highest BCUT2D eigenvalue weighted by atomic mass is 32.2. The van der Waals surface area contributed by atoms with E-state index in [2.05, 4.69) is 53.6 Å². The van der Waals surface area contributed by atoms with Crippen LogP contribution in [0.1, 0.15) is 31.7 Å². The van der Waals surface area contributed by atoms with Gasteiger partial charge in [0.25, 0.3) is 0 Å². The topological polar surface area (TPSA) is 12.0 Å². The minimum Gasteiger partial charge on any atom is -0.313 e. The zero-order valence-electron chi connectivity index (χ0n) is 12.1. The van der Waals surface area contributed by atoms with E-state index in [1.165, 1.54) is 47.1 Å². The van der Waals surface area contributed by atoms with Crippen molar-refractivity contribution in [3.8, 4) is 0 Å². The van der Waals surface area contributed by atoms with Crippen LogP contribution in [0.15, 0.2) is 29.6 Å².